The highest BCUT2D eigenvalue weighted by molar-refractivity contribution is 9.11. The van der Waals surface area contributed by atoms with E-state index in [0.29, 0.717) is 10.0 Å². The van der Waals surface area contributed by atoms with Crippen molar-refractivity contribution in [1.82, 2.24) is 4.98 Å². The van der Waals surface area contributed by atoms with Gasteiger partial charge >= 0.3 is 0 Å². The van der Waals surface area contributed by atoms with Gasteiger partial charge in [0.05, 0.1) is 18.9 Å². The number of aryl methyl sites for hydroxylation is 1. The van der Waals surface area contributed by atoms with E-state index >= 15 is 0 Å². The number of halogens is 1. The number of anilines is 1. The summed E-state index contributed by atoms with van der Waals surface area (Å²) < 4.78 is 2.06. The van der Waals surface area contributed by atoms with Gasteiger partial charge in [0.2, 0.25) is 0 Å². The molecule has 0 saturated carbocycles. The maximum absolute atomic E-state index is 12.1. The largest absolute Gasteiger partial charge is 0.297 e. The van der Waals surface area contributed by atoms with E-state index in [2.05, 4.69) is 26.2 Å². The van der Waals surface area contributed by atoms with E-state index in [1.807, 2.05) is 37.3 Å². The fraction of sp³-hybridized carbons (Fsp3) is 0.0769. The van der Waals surface area contributed by atoms with Gasteiger partial charge < -0.3 is 0 Å². The number of aromatic nitrogens is 1. The summed E-state index contributed by atoms with van der Waals surface area (Å²) in [4.78, 5) is 17.2. The summed E-state index contributed by atoms with van der Waals surface area (Å²) in [5.74, 6) is -0.113. The van der Waals surface area contributed by atoms with Crippen LogP contribution in [0.25, 0.3) is 10.2 Å². The number of rotatable bonds is 2. The molecule has 0 aliphatic heterocycles. The molecule has 0 spiro atoms. The van der Waals surface area contributed by atoms with E-state index in [-0.39, 0.29) is 5.91 Å². The SMILES string of the molecule is Cc1cc(C(=O)Nc2nc3ccccc3s2)sc1Br. The Balaban J connectivity index is 1.86. The second-order valence-electron chi connectivity index (χ2n) is 4.01. The zero-order chi connectivity index (χ0) is 13.4. The second-order valence-corrected chi connectivity index (χ2v) is 7.41. The lowest BCUT2D eigenvalue weighted by molar-refractivity contribution is 0.103. The van der Waals surface area contributed by atoms with Crippen molar-refractivity contribution in [3.05, 3.63) is 44.6 Å². The third-order valence-corrected chi connectivity index (χ3v) is 5.68. The Hall–Kier alpha value is -1.24. The van der Waals surface area contributed by atoms with Crippen molar-refractivity contribution in [2.75, 3.05) is 5.32 Å². The molecule has 0 atom stereocenters. The highest BCUT2D eigenvalue weighted by Crippen LogP contribution is 2.29. The topological polar surface area (TPSA) is 42.0 Å². The Bertz CT molecular complexity index is 710. The number of hydrogen-bond donors (Lipinski definition) is 1. The van der Waals surface area contributed by atoms with Crippen molar-refractivity contribution in [3.8, 4) is 0 Å². The monoisotopic (exact) mass is 352 g/mol. The first kappa shape index (κ1) is 12.8. The molecule has 2 heterocycles. The molecule has 0 bridgehead atoms. The zero-order valence-corrected chi connectivity index (χ0v) is 13.2. The number of benzene rings is 1. The molecule has 0 fully saturated rings. The quantitative estimate of drug-likeness (QED) is 0.727. The molecule has 0 aliphatic carbocycles. The molecule has 3 nitrogen and oxygen atoms in total. The van der Waals surface area contributed by atoms with Crippen molar-refractivity contribution in [3.63, 3.8) is 0 Å². The standard InChI is InChI=1S/C13H9BrN2OS2/c1-7-6-10(18-11(7)14)12(17)16-13-15-8-4-2-3-5-9(8)19-13/h2-6H,1H3,(H,15,16,17). The van der Waals surface area contributed by atoms with Crippen LogP contribution < -0.4 is 5.32 Å². The number of hydrogen-bond acceptors (Lipinski definition) is 4. The summed E-state index contributed by atoms with van der Waals surface area (Å²) in [6, 6.07) is 9.71. The van der Waals surface area contributed by atoms with Gasteiger partial charge in [0.25, 0.3) is 5.91 Å². The molecule has 1 N–H and O–H groups in total. The fourth-order valence-electron chi connectivity index (χ4n) is 1.66. The Morgan fingerprint density at radius 3 is 2.79 bits per heavy atom. The van der Waals surface area contributed by atoms with Crippen LogP contribution in [0.1, 0.15) is 15.2 Å². The third kappa shape index (κ3) is 2.56. The fourth-order valence-corrected chi connectivity index (χ4v) is 3.95. The molecular weight excluding hydrogens is 344 g/mol. The second kappa shape index (κ2) is 5.03. The van der Waals surface area contributed by atoms with Gasteiger partial charge in [-0.1, -0.05) is 23.5 Å². The molecule has 3 aromatic rings. The maximum atomic E-state index is 12.1. The Morgan fingerprint density at radius 2 is 2.11 bits per heavy atom. The van der Waals surface area contributed by atoms with E-state index in [9.17, 15) is 4.79 Å². The lowest BCUT2D eigenvalue weighted by atomic mass is 10.3. The highest BCUT2D eigenvalue weighted by atomic mass is 79.9. The van der Waals surface area contributed by atoms with Crippen molar-refractivity contribution in [1.29, 1.82) is 0 Å². The van der Waals surface area contributed by atoms with Crippen LogP contribution in [0.4, 0.5) is 5.13 Å². The van der Waals surface area contributed by atoms with Crippen LogP contribution in [0.15, 0.2) is 34.1 Å². The normalized spacial score (nSPS) is 10.8. The molecule has 0 saturated heterocycles. The summed E-state index contributed by atoms with van der Waals surface area (Å²) in [5, 5.41) is 3.48. The minimum atomic E-state index is -0.113. The van der Waals surface area contributed by atoms with Crippen LogP contribution in [0.3, 0.4) is 0 Å². The number of para-hydroxylation sites is 1. The van der Waals surface area contributed by atoms with Gasteiger partial charge in [-0.3, -0.25) is 10.1 Å². The highest BCUT2D eigenvalue weighted by Gasteiger charge is 2.13. The number of carbonyl (C=O) groups is 1. The molecular formula is C13H9BrN2OS2. The first-order valence-electron chi connectivity index (χ1n) is 5.56. The number of nitrogens with one attached hydrogen (secondary N) is 1. The number of fused-ring (bicyclic) bond motifs is 1. The number of nitrogens with zero attached hydrogens (tertiary/aromatic N) is 1. The van der Waals surface area contributed by atoms with E-state index in [0.717, 1.165) is 19.6 Å². The van der Waals surface area contributed by atoms with Gasteiger partial charge in [0.15, 0.2) is 5.13 Å². The molecule has 1 amide bonds. The van der Waals surface area contributed by atoms with Crippen LogP contribution in [0, 0.1) is 6.92 Å². The minimum Gasteiger partial charge on any atom is -0.297 e. The van der Waals surface area contributed by atoms with E-state index in [1.54, 1.807) is 0 Å². The predicted octanol–water partition coefficient (Wildman–Crippen LogP) is 4.68. The van der Waals surface area contributed by atoms with E-state index in [1.165, 1.54) is 22.7 Å². The van der Waals surface area contributed by atoms with Gasteiger partial charge in [0.1, 0.15) is 0 Å². The van der Waals surface area contributed by atoms with Gasteiger partial charge in [-0.05, 0) is 46.6 Å². The first-order valence-corrected chi connectivity index (χ1v) is 7.99. The van der Waals surface area contributed by atoms with Crippen molar-refractivity contribution < 1.29 is 4.79 Å². The Labute approximate surface area is 126 Å². The van der Waals surface area contributed by atoms with Gasteiger partial charge in [0, 0.05) is 0 Å². The van der Waals surface area contributed by atoms with Crippen LogP contribution in [-0.2, 0) is 0 Å². The average molecular weight is 353 g/mol. The van der Waals surface area contributed by atoms with Crippen LogP contribution in [0.5, 0.6) is 0 Å². The zero-order valence-electron chi connectivity index (χ0n) is 9.94. The summed E-state index contributed by atoms with van der Waals surface area (Å²) >= 11 is 6.33. The lowest BCUT2D eigenvalue weighted by Crippen LogP contribution is -2.09. The summed E-state index contributed by atoms with van der Waals surface area (Å²) in [6.07, 6.45) is 0. The van der Waals surface area contributed by atoms with Crippen molar-refractivity contribution in [2.45, 2.75) is 6.92 Å². The van der Waals surface area contributed by atoms with Crippen molar-refractivity contribution >= 4 is 59.9 Å². The number of thiophene rings is 1. The van der Waals surface area contributed by atoms with Crippen LogP contribution >= 0.6 is 38.6 Å². The number of amides is 1. The van der Waals surface area contributed by atoms with Gasteiger partial charge in [-0.15, -0.1) is 11.3 Å². The molecule has 2 aromatic heterocycles. The number of carbonyl (C=O) groups excluding carboxylic acids is 1. The summed E-state index contributed by atoms with van der Waals surface area (Å²) in [7, 11) is 0. The third-order valence-electron chi connectivity index (χ3n) is 2.60. The molecule has 0 aliphatic rings. The first-order chi connectivity index (χ1) is 9.13. The lowest BCUT2D eigenvalue weighted by Gasteiger charge is -1.96. The van der Waals surface area contributed by atoms with E-state index < -0.39 is 0 Å². The van der Waals surface area contributed by atoms with E-state index in [4.69, 9.17) is 0 Å². The molecule has 96 valence electrons. The van der Waals surface area contributed by atoms with Gasteiger partial charge in [-0.2, -0.15) is 0 Å². The minimum absolute atomic E-state index is 0.113. The molecule has 19 heavy (non-hydrogen) atoms. The Morgan fingerprint density at radius 1 is 1.32 bits per heavy atom. The van der Waals surface area contributed by atoms with Crippen LogP contribution in [0.2, 0.25) is 0 Å². The molecule has 3 rings (SSSR count). The predicted molar refractivity (Wildman–Crippen MR) is 84.3 cm³/mol. The molecule has 0 radical (unpaired) electrons. The summed E-state index contributed by atoms with van der Waals surface area (Å²) in [5.41, 5.74) is 1.98. The smallest absolute Gasteiger partial charge is 0.267 e. The molecule has 1 aromatic carbocycles. The Kier molecular flexibility index (Phi) is 3.38. The molecule has 0 unspecified atom stereocenters. The number of thiazole rings is 1. The van der Waals surface area contributed by atoms with Crippen LogP contribution in [-0.4, -0.2) is 10.9 Å². The van der Waals surface area contributed by atoms with Gasteiger partial charge in [-0.25, -0.2) is 4.98 Å². The van der Waals surface area contributed by atoms with Crippen molar-refractivity contribution in [2.24, 2.45) is 0 Å². The molecule has 6 heteroatoms. The summed E-state index contributed by atoms with van der Waals surface area (Å²) in [6.45, 7) is 1.97. The average Bonchev–Trinajstić information content (AvgIpc) is 2.93. The maximum Gasteiger partial charge on any atom is 0.267 e.